The van der Waals surface area contributed by atoms with Gasteiger partial charge in [-0.15, -0.1) is 0 Å². The van der Waals surface area contributed by atoms with Crippen LogP contribution in [0.1, 0.15) is 22.8 Å². The van der Waals surface area contributed by atoms with Crippen LogP contribution in [0.4, 0.5) is 0 Å². The predicted molar refractivity (Wildman–Crippen MR) is 80.4 cm³/mol. The fourth-order valence-corrected chi connectivity index (χ4v) is 2.08. The van der Waals surface area contributed by atoms with Crippen molar-refractivity contribution in [1.82, 2.24) is 0 Å². The van der Waals surface area contributed by atoms with Gasteiger partial charge in [-0.3, -0.25) is 4.79 Å². The van der Waals surface area contributed by atoms with E-state index in [1.165, 1.54) is 6.92 Å². The van der Waals surface area contributed by atoms with Crippen molar-refractivity contribution in [2.45, 2.75) is 13.8 Å². The Kier molecular flexibility index (Phi) is 4.27. The van der Waals surface area contributed by atoms with Gasteiger partial charge in [0, 0.05) is 10.0 Å². The molecule has 2 aromatic carbocycles. The van der Waals surface area contributed by atoms with Crippen molar-refractivity contribution in [3.05, 3.63) is 57.0 Å². The van der Waals surface area contributed by atoms with Gasteiger partial charge in [0.05, 0.1) is 5.02 Å². The summed E-state index contributed by atoms with van der Waals surface area (Å²) < 4.78 is 6.74. The van der Waals surface area contributed by atoms with E-state index in [4.69, 9.17) is 16.3 Å². The van der Waals surface area contributed by atoms with Gasteiger partial charge in [-0.2, -0.15) is 0 Å². The van der Waals surface area contributed by atoms with E-state index in [0.717, 1.165) is 10.0 Å². The summed E-state index contributed by atoms with van der Waals surface area (Å²) in [6.45, 7) is 3.49. The van der Waals surface area contributed by atoms with Crippen LogP contribution in [0.15, 0.2) is 40.9 Å². The van der Waals surface area contributed by atoms with Gasteiger partial charge < -0.3 is 4.74 Å². The number of benzene rings is 2. The Morgan fingerprint density at radius 1 is 1.21 bits per heavy atom. The third-order valence-electron chi connectivity index (χ3n) is 2.70. The van der Waals surface area contributed by atoms with E-state index in [1.807, 2.05) is 25.1 Å². The van der Waals surface area contributed by atoms with E-state index in [-0.39, 0.29) is 5.78 Å². The topological polar surface area (TPSA) is 26.3 Å². The van der Waals surface area contributed by atoms with Crippen LogP contribution in [-0.4, -0.2) is 5.78 Å². The molecule has 0 N–H and O–H groups in total. The number of halogens is 2. The summed E-state index contributed by atoms with van der Waals surface area (Å²) in [5, 5.41) is 0.424. The van der Waals surface area contributed by atoms with Gasteiger partial charge in [-0.05, 0) is 55.8 Å². The average Bonchev–Trinajstić information content (AvgIpc) is 2.36. The normalized spacial score (nSPS) is 10.3. The van der Waals surface area contributed by atoms with Gasteiger partial charge in [-0.1, -0.05) is 27.5 Å². The molecule has 0 saturated heterocycles. The number of ether oxygens (including phenoxy) is 1. The highest BCUT2D eigenvalue weighted by Crippen LogP contribution is 2.31. The van der Waals surface area contributed by atoms with Crippen molar-refractivity contribution in [3.63, 3.8) is 0 Å². The summed E-state index contributed by atoms with van der Waals surface area (Å²) in [5.74, 6) is 1.22. The van der Waals surface area contributed by atoms with Crippen LogP contribution in [0.3, 0.4) is 0 Å². The first-order chi connectivity index (χ1) is 8.97. The molecule has 0 bridgehead atoms. The number of rotatable bonds is 3. The maximum Gasteiger partial charge on any atom is 0.159 e. The van der Waals surface area contributed by atoms with E-state index >= 15 is 0 Å². The first-order valence-corrected chi connectivity index (χ1v) is 6.89. The maximum absolute atomic E-state index is 11.2. The molecule has 0 radical (unpaired) electrons. The second-order valence-electron chi connectivity index (χ2n) is 4.21. The molecule has 2 nitrogen and oxygen atoms in total. The summed E-state index contributed by atoms with van der Waals surface area (Å²) in [5.41, 5.74) is 1.65. The highest BCUT2D eigenvalue weighted by atomic mass is 79.9. The average molecular weight is 340 g/mol. The molecule has 0 saturated carbocycles. The van der Waals surface area contributed by atoms with Crippen LogP contribution in [0.2, 0.25) is 5.02 Å². The van der Waals surface area contributed by atoms with Crippen molar-refractivity contribution in [3.8, 4) is 11.5 Å². The monoisotopic (exact) mass is 338 g/mol. The number of hydrogen-bond acceptors (Lipinski definition) is 2. The van der Waals surface area contributed by atoms with Gasteiger partial charge in [-0.25, -0.2) is 0 Å². The molecule has 19 heavy (non-hydrogen) atoms. The number of Topliss-reactive ketones (excluding diaryl/α,β-unsaturated/α-hetero) is 1. The minimum atomic E-state index is -0.0204. The molecule has 0 aromatic heterocycles. The third-order valence-corrected chi connectivity index (χ3v) is 3.88. The number of hydrogen-bond donors (Lipinski definition) is 0. The molecule has 0 spiro atoms. The van der Waals surface area contributed by atoms with Crippen molar-refractivity contribution in [2.24, 2.45) is 0 Å². The Labute approximate surface area is 125 Å². The molecular weight excluding hydrogens is 328 g/mol. The molecule has 0 fully saturated rings. The molecular formula is C15H12BrClO2. The van der Waals surface area contributed by atoms with Crippen LogP contribution in [0.5, 0.6) is 11.5 Å². The molecule has 0 aliphatic carbocycles. The van der Waals surface area contributed by atoms with Gasteiger partial charge in [0.15, 0.2) is 5.78 Å². The molecule has 2 rings (SSSR count). The molecule has 0 aliphatic rings. The van der Waals surface area contributed by atoms with Crippen LogP contribution in [-0.2, 0) is 0 Å². The highest BCUT2D eigenvalue weighted by molar-refractivity contribution is 9.10. The molecule has 0 aliphatic heterocycles. The second-order valence-corrected chi connectivity index (χ2v) is 5.48. The van der Waals surface area contributed by atoms with Crippen molar-refractivity contribution >= 4 is 33.3 Å². The first kappa shape index (κ1) is 14.1. The van der Waals surface area contributed by atoms with Gasteiger partial charge in [0.2, 0.25) is 0 Å². The van der Waals surface area contributed by atoms with Crippen LogP contribution in [0, 0.1) is 6.92 Å². The Hall–Kier alpha value is -1.32. The Morgan fingerprint density at radius 3 is 2.53 bits per heavy atom. The summed E-state index contributed by atoms with van der Waals surface area (Å²) >= 11 is 9.54. The Morgan fingerprint density at radius 2 is 1.95 bits per heavy atom. The predicted octanol–water partition coefficient (Wildman–Crippen LogP) is 5.41. The number of carbonyl (C=O) groups excluding carboxylic acids is 1. The molecule has 0 heterocycles. The van der Waals surface area contributed by atoms with Crippen LogP contribution < -0.4 is 4.74 Å². The summed E-state index contributed by atoms with van der Waals surface area (Å²) in [7, 11) is 0. The molecule has 0 amide bonds. The van der Waals surface area contributed by atoms with Crippen LogP contribution in [0.25, 0.3) is 0 Å². The standard InChI is InChI=1S/C15H12BrClO2/c1-9-7-12(4-5-13(9)16)19-15-6-3-11(10(2)18)8-14(15)17/h3-8H,1-2H3. The zero-order valence-corrected chi connectivity index (χ0v) is 12.9. The zero-order valence-electron chi connectivity index (χ0n) is 10.5. The highest BCUT2D eigenvalue weighted by Gasteiger charge is 2.07. The summed E-state index contributed by atoms with van der Waals surface area (Å²) in [4.78, 5) is 11.2. The molecule has 0 unspecified atom stereocenters. The van der Waals surface area contributed by atoms with Gasteiger partial charge >= 0.3 is 0 Å². The van der Waals surface area contributed by atoms with Crippen molar-refractivity contribution in [2.75, 3.05) is 0 Å². The largest absolute Gasteiger partial charge is 0.456 e. The van der Waals surface area contributed by atoms with Gasteiger partial charge in [0.25, 0.3) is 0 Å². The Bertz CT molecular complexity index is 638. The van der Waals surface area contributed by atoms with E-state index < -0.39 is 0 Å². The fraction of sp³-hybridized carbons (Fsp3) is 0.133. The van der Waals surface area contributed by atoms with Crippen LogP contribution >= 0.6 is 27.5 Å². The lowest BCUT2D eigenvalue weighted by Crippen LogP contribution is -1.93. The number of carbonyl (C=O) groups is 1. The zero-order chi connectivity index (χ0) is 14.0. The smallest absolute Gasteiger partial charge is 0.159 e. The third kappa shape index (κ3) is 3.37. The molecule has 4 heteroatoms. The van der Waals surface area contributed by atoms with E-state index in [9.17, 15) is 4.79 Å². The van der Waals surface area contributed by atoms with Crippen molar-refractivity contribution in [1.29, 1.82) is 0 Å². The first-order valence-electron chi connectivity index (χ1n) is 5.72. The quantitative estimate of drug-likeness (QED) is 0.699. The minimum Gasteiger partial charge on any atom is -0.456 e. The van der Waals surface area contributed by atoms with Gasteiger partial charge in [0.1, 0.15) is 11.5 Å². The fourth-order valence-electron chi connectivity index (χ4n) is 1.61. The number of aryl methyl sites for hydroxylation is 1. The van der Waals surface area contributed by atoms with E-state index in [2.05, 4.69) is 15.9 Å². The van der Waals surface area contributed by atoms with Crippen molar-refractivity contribution < 1.29 is 9.53 Å². The molecule has 0 atom stereocenters. The lowest BCUT2D eigenvalue weighted by molar-refractivity contribution is 0.101. The minimum absolute atomic E-state index is 0.0204. The molecule has 2 aromatic rings. The summed E-state index contributed by atoms with van der Waals surface area (Å²) in [6.07, 6.45) is 0. The SMILES string of the molecule is CC(=O)c1ccc(Oc2ccc(Br)c(C)c2)c(Cl)c1. The second kappa shape index (κ2) is 5.76. The van der Waals surface area contributed by atoms with E-state index in [1.54, 1.807) is 18.2 Å². The number of ketones is 1. The van der Waals surface area contributed by atoms with E-state index in [0.29, 0.717) is 22.1 Å². The summed E-state index contributed by atoms with van der Waals surface area (Å²) in [6, 6.07) is 10.7. The maximum atomic E-state index is 11.2. The molecule has 98 valence electrons. The Balaban J connectivity index is 2.28. The lowest BCUT2D eigenvalue weighted by Gasteiger charge is -2.09. The lowest BCUT2D eigenvalue weighted by atomic mass is 10.1.